The first-order valence-electron chi connectivity index (χ1n) is 17.0. The summed E-state index contributed by atoms with van der Waals surface area (Å²) in [5, 5.41) is 17.1. The highest BCUT2D eigenvalue weighted by Gasteiger charge is 2.32. The largest absolute Gasteiger partial charge is 0.465 e. The summed E-state index contributed by atoms with van der Waals surface area (Å²) in [7, 11) is -1.14. The summed E-state index contributed by atoms with van der Waals surface area (Å²) in [6.07, 6.45) is 1.91. The van der Waals surface area contributed by atoms with Crippen LogP contribution in [0.25, 0.3) is 22.3 Å². The lowest BCUT2D eigenvalue weighted by atomic mass is 9.95. The lowest BCUT2D eigenvalue weighted by molar-refractivity contribution is 0.0600. The third kappa shape index (κ3) is 9.17. The molecule has 50 heavy (non-hydrogen) atoms. The van der Waals surface area contributed by atoms with Crippen molar-refractivity contribution in [1.82, 2.24) is 19.3 Å². The summed E-state index contributed by atoms with van der Waals surface area (Å²) in [5.74, 6) is 1.13. The molecule has 12 heteroatoms. The van der Waals surface area contributed by atoms with Crippen LogP contribution in [0.5, 0.6) is 11.5 Å². The lowest BCUT2D eigenvalue weighted by Crippen LogP contribution is -2.25. The molecule has 10 nitrogen and oxygen atoms in total. The molecule has 1 N–H and O–H groups in total. The fourth-order valence-corrected chi connectivity index (χ4v) is 6.92. The minimum atomic E-state index is -1.44. The first kappa shape index (κ1) is 37.2. The van der Waals surface area contributed by atoms with Crippen molar-refractivity contribution in [3.8, 4) is 22.9 Å². The van der Waals surface area contributed by atoms with Crippen LogP contribution in [0.1, 0.15) is 28.7 Å². The topological polar surface area (TPSA) is 110 Å². The monoisotopic (exact) mass is 714 g/mol. The van der Waals surface area contributed by atoms with Crippen molar-refractivity contribution in [2.75, 3.05) is 20.3 Å². The quantitative estimate of drug-likeness (QED) is 0.0617. The van der Waals surface area contributed by atoms with Crippen molar-refractivity contribution in [3.05, 3.63) is 95.9 Å². The molecule has 266 valence electrons. The van der Waals surface area contributed by atoms with Gasteiger partial charge in [-0.1, -0.05) is 81.7 Å². The first-order chi connectivity index (χ1) is 23.7. The number of rotatable bonds is 16. The second kappa shape index (κ2) is 15.4. The Balaban J connectivity index is 1.45. The molecule has 1 atom stereocenters. The number of fused-ring (bicyclic) bond motifs is 1. The number of aliphatic hydroxyl groups is 1. The number of ether oxygens (including phenoxy) is 4. The van der Waals surface area contributed by atoms with Crippen molar-refractivity contribution in [3.63, 3.8) is 0 Å². The van der Waals surface area contributed by atoms with Crippen molar-refractivity contribution < 1.29 is 28.8 Å². The molecule has 5 aromatic rings. The van der Waals surface area contributed by atoms with E-state index in [9.17, 15) is 9.90 Å². The Morgan fingerprint density at radius 2 is 1.54 bits per heavy atom. The second-order valence-corrected chi connectivity index (χ2v) is 26.4. The molecule has 2 aromatic heterocycles. The zero-order valence-corrected chi connectivity index (χ0v) is 32.5. The van der Waals surface area contributed by atoms with Crippen molar-refractivity contribution in [2.24, 2.45) is 0 Å². The van der Waals surface area contributed by atoms with Crippen LogP contribution in [0.4, 0.5) is 0 Å². The minimum absolute atomic E-state index is 0.171. The van der Waals surface area contributed by atoms with Gasteiger partial charge in [0.05, 0.1) is 12.6 Å². The van der Waals surface area contributed by atoms with Crippen LogP contribution in [0, 0.1) is 0 Å². The second-order valence-electron chi connectivity index (χ2n) is 15.2. The van der Waals surface area contributed by atoms with Gasteiger partial charge in [-0.15, -0.1) is 5.10 Å². The molecule has 0 aliphatic carbocycles. The van der Waals surface area contributed by atoms with Crippen LogP contribution < -0.4 is 4.74 Å². The Morgan fingerprint density at radius 3 is 2.20 bits per heavy atom. The van der Waals surface area contributed by atoms with Gasteiger partial charge in [0, 0.05) is 46.5 Å². The third-order valence-electron chi connectivity index (χ3n) is 8.50. The zero-order chi connectivity index (χ0) is 36.1. The van der Waals surface area contributed by atoms with Gasteiger partial charge in [0.2, 0.25) is 0 Å². The van der Waals surface area contributed by atoms with Gasteiger partial charge in [-0.05, 0) is 54.9 Å². The van der Waals surface area contributed by atoms with Crippen LogP contribution in [-0.2, 0) is 33.3 Å². The normalized spacial score (nSPS) is 13.4. The predicted molar refractivity (Wildman–Crippen MR) is 202 cm³/mol. The number of methoxy groups -OCH3 is 1. The summed E-state index contributed by atoms with van der Waals surface area (Å²) >= 11 is 0. The molecule has 0 saturated carbocycles. The molecule has 0 radical (unpaired) electrons. The number of hydrogen-bond acceptors (Lipinski definition) is 8. The van der Waals surface area contributed by atoms with E-state index in [1.807, 2.05) is 77.5 Å². The maximum atomic E-state index is 13.2. The van der Waals surface area contributed by atoms with Crippen molar-refractivity contribution in [1.29, 1.82) is 0 Å². The van der Waals surface area contributed by atoms with Crippen LogP contribution in [0.15, 0.2) is 79.0 Å². The summed E-state index contributed by atoms with van der Waals surface area (Å²) in [6.45, 7) is 17.4. The molecule has 0 fully saturated rings. The molecule has 3 aromatic carbocycles. The maximum Gasteiger partial charge on any atom is 0.342 e. The van der Waals surface area contributed by atoms with E-state index < -0.39 is 27.7 Å². The van der Waals surface area contributed by atoms with E-state index in [1.165, 1.54) is 7.11 Å². The van der Waals surface area contributed by atoms with E-state index in [4.69, 9.17) is 29.0 Å². The van der Waals surface area contributed by atoms with Crippen molar-refractivity contribution >= 4 is 33.0 Å². The maximum absolute atomic E-state index is 13.2. The van der Waals surface area contributed by atoms with Crippen LogP contribution in [0.2, 0.25) is 51.4 Å². The Hall–Kier alpha value is -4.08. The molecule has 5 rings (SSSR count). The van der Waals surface area contributed by atoms with Gasteiger partial charge < -0.3 is 28.6 Å². The summed E-state index contributed by atoms with van der Waals surface area (Å²) in [5.41, 5.74) is 1.13. The third-order valence-corrected chi connectivity index (χ3v) is 11.9. The van der Waals surface area contributed by atoms with Crippen molar-refractivity contribution in [2.45, 2.75) is 77.4 Å². The molecule has 0 bridgehead atoms. The van der Waals surface area contributed by atoms with E-state index in [0.29, 0.717) is 59.3 Å². The van der Waals surface area contributed by atoms with Gasteiger partial charge in [0.15, 0.2) is 11.6 Å². The van der Waals surface area contributed by atoms with E-state index in [2.05, 4.69) is 39.3 Å². The Labute approximate surface area is 297 Å². The average Bonchev–Trinajstić information content (AvgIpc) is 3.69. The van der Waals surface area contributed by atoms with Crippen LogP contribution in [0.3, 0.4) is 0 Å². The number of hydrogen-bond donors (Lipinski definition) is 1. The van der Waals surface area contributed by atoms with E-state index >= 15 is 0 Å². The fraction of sp³-hybridized carbons (Fsp3) is 0.395. The number of nitrogens with zero attached hydrogens (tertiary/aromatic N) is 4. The van der Waals surface area contributed by atoms with Gasteiger partial charge in [-0.2, -0.15) is 0 Å². The smallest absolute Gasteiger partial charge is 0.342 e. The SMILES string of the molecule is COC(=O)c1c(Oc2cccc(-c3nc(C(C)(O)c4ccccc4)nn3COCC[Si](C)(C)C)c2)ccc2c1ccn2COCC[Si](C)(C)C. The first-order valence-corrected chi connectivity index (χ1v) is 24.4. The van der Waals surface area contributed by atoms with E-state index in [0.717, 1.165) is 17.6 Å². The van der Waals surface area contributed by atoms with Crippen LogP contribution in [-0.4, -0.2) is 66.9 Å². The molecular formula is C38H50N4O6Si2. The van der Waals surface area contributed by atoms with Gasteiger partial charge >= 0.3 is 5.97 Å². The van der Waals surface area contributed by atoms with Crippen LogP contribution >= 0.6 is 0 Å². The minimum Gasteiger partial charge on any atom is -0.465 e. The summed E-state index contributed by atoms with van der Waals surface area (Å²) in [6, 6.07) is 24.5. The zero-order valence-electron chi connectivity index (χ0n) is 30.5. The molecule has 0 aliphatic heterocycles. The highest BCUT2D eigenvalue weighted by molar-refractivity contribution is 6.76. The summed E-state index contributed by atoms with van der Waals surface area (Å²) in [4.78, 5) is 18.0. The standard InChI is InChI=1S/C38H50N4O6Si2/c1-38(44,29-14-10-9-11-15-29)37-39-35(42(40-37)27-47-22-24-50(6,7)8)28-13-12-16-30(25-28)48-33-18-17-32-31(34(33)36(43)45-2)19-20-41(32)26-46-21-23-49(3,4)5/h9-20,25,44H,21-24,26-27H2,1-8H3. The molecule has 0 amide bonds. The number of aromatic nitrogens is 4. The molecule has 0 spiro atoms. The van der Waals surface area contributed by atoms with Gasteiger partial charge in [-0.25, -0.2) is 14.5 Å². The highest BCUT2D eigenvalue weighted by atomic mass is 28.3. The predicted octanol–water partition coefficient (Wildman–Crippen LogP) is 8.36. The molecular weight excluding hydrogens is 665 g/mol. The Kier molecular flexibility index (Phi) is 11.5. The lowest BCUT2D eigenvalue weighted by Gasteiger charge is -2.20. The van der Waals surface area contributed by atoms with E-state index in [-0.39, 0.29) is 12.6 Å². The van der Waals surface area contributed by atoms with Gasteiger partial charge in [0.1, 0.15) is 36.1 Å². The number of carbonyl (C=O) groups is 1. The Morgan fingerprint density at radius 1 is 0.860 bits per heavy atom. The molecule has 2 heterocycles. The molecule has 0 aliphatic rings. The number of carbonyl (C=O) groups excluding carboxylic acids is 1. The molecule has 1 unspecified atom stereocenters. The molecule has 0 saturated heterocycles. The Bertz CT molecular complexity index is 1910. The number of benzene rings is 3. The average molecular weight is 715 g/mol. The highest BCUT2D eigenvalue weighted by Crippen LogP contribution is 2.35. The van der Waals surface area contributed by atoms with E-state index in [1.54, 1.807) is 17.7 Å². The number of esters is 1. The summed E-state index contributed by atoms with van der Waals surface area (Å²) < 4.78 is 27.3. The van der Waals surface area contributed by atoms with Gasteiger partial charge in [0.25, 0.3) is 0 Å². The van der Waals surface area contributed by atoms with Gasteiger partial charge in [-0.3, -0.25) is 0 Å². The fourth-order valence-electron chi connectivity index (χ4n) is 5.40.